The lowest BCUT2D eigenvalue weighted by molar-refractivity contribution is -0.164. The third kappa shape index (κ3) is 4.96. The second-order valence-corrected chi connectivity index (χ2v) is 7.58. The second-order valence-electron chi connectivity index (χ2n) is 6.54. The topological polar surface area (TPSA) is 101 Å². The first kappa shape index (κ1) is 18.8. The molecule has 2 aliphatic rings. The molecule has 134 valence electrons. The minimum absolute atomic E-state index is 0.120. The Morgan fingerprint density at radius 2 is 1.61 bits per heavy atom. The van der Waals surface area contributed by atoms with Gasteiger partial charge in [-0.15, -0.1) is 6.58 Å². The molecule has 0 aliphatic carbocycles. The molecule has 0 amide bonds. The van der Waals surface area contributed by atoms with E-state index in [2.05, 4.69) is 6.58 Å². The highest BCUT2D eigenvalue weighted by Crippen LogP contribution is 2.35. The smallest absolute Gasteiger partial charge is 0.348 e. The quantitative estimate of drug-likeness (QED) is 0.563. The fourth-order valence-electron chi connectivity index (χ4n) is 2.79. The maximum atomic E-state index is 11.3. The normalized spacial score (nSPS) is 32.6. The van der Waals surface area contributed by atoms with Crippen LogP contribution < -0.4 is 0 Å². The summed E-state index contributed by atoms with van der Waals surface area (Å²) < 4.78 is 58.9. The molecule has 8 nitrogen and oxygen atoms in total. The zero-order valence-electron chi connectivity index (χ0n) is 13.7. The van der Waals surface area contributed by atoms with Crippen LogP contribution in [0.5, 0.6) is 0 Å². The van der Waals surface area contributed by atoms with E-state index in [-0.39, 0.29) is 13.2 Å². The molecule has 9 heteroatoms. The van der Waals surface area contributed by atoms with E-state index in [0.717, 1.165) is 0 Å². The lowest BCUT2D eigenvalue weighted by Crippen LogP contribution is -2.45. The van der Waals surface area contributed by atoms with Crippen molar-refractivity contribution in [1.29, 1.82) is 0 Å². The van der Waals surface area contributed by atoms with Crippen molar-refractivity contribution in [3.63, 3.8) is 0 Å². The van der Waals surface area contributed by atoms with Crippen LogP contribution in [0.4, 0.5) is 0 Å². The Balaban J connectivity index is 2.23. The van der Waals surface area contributed by atoms with Crippen LogP contribution in [0, 0.1) is 5.92 Å². The van der Waals surface area contributed by atoms with Gasteiger partial charge in [0.1, 0.15) is 12.2 Å². The van der Waals surface area contributed by atoms with Crippen molar-refractivity contribution in [1.82, 2.24) is 0 Å². The highest BCUT2D eigenvalue weighted by molar-refractivity contribution is 7.80. The Hall–Kier alpha value is -0.550. The van der Waals surface area contributed by atoms with E-state index in [4.69, 9.17) is 27.7 Å². The molecule has 0 aromatic rings. The molecule has 1 N–H and O–H groups in total. The van der Waals surface area contributed by atoms with Gasteiger partial charge in [0.15, 0.2) is 11.6 Å². The van der Waals surface area contributed by atoms with Crippen molar-refractivity contribution in [2.24, 2.45) is 5.92 Å². The van der Waals surface area contributed by atoms with E-state index < -0.39 is 46.2 Å². The maximum Gasteiger partial charge on any atom is 0.397 e. The first-order chi connectivity index (χ1) is 10.4. The summed E-state index contributed by atoms with van der Waals surface area (Å²) in [6.07, 6.45) is -0.726. The van der Waals surface area contributed by atoms with E-state index in [1.165, 1.54) is 6.08 Å². The maximum absolute atomic E-state index is 11.3. The van der Waals surface area contributed by atoms with Gasteiger partial charge in [0.25, 0.3) is 0 Å². The van der Waals surface area contributed by atoms with Crippen molar-refractivity contribution < 1.29 is 36.1 Å². The molecule has 0 aromatic heterocycles. The molecular weight excluding hydrogens is 328 g/mol. The molecule has 2 aliphatic heterocycles. The molecule has 0 saturated carbocycles. The molecule has 2 rings (SSSR count). The minimum Gasteiger partial charge on any atom is -0.348 e. The van der Waals surface area contributed by atoms with E-state index in [1.807, 2.05) is 0 Å². The number of hydrogen-bond donors (Lipinski definition) is 1. The van der Waals surface area contributed by atoms with Crippen LogP contribution in [0.25, 0.3) is 0 Å². The predicted octanol–water partition coefficient (Wildman–Crippen LogP) is 1.28. The van der Waals surface area contributed by atoms with Crippen LogP contribution in [0.15, 0.2) is 12.7 Å². The molecule has 0 aromatic carbocycles. The summed E-state index contributed by atoms with van der Waals surface area (Å²) in [6.45, 7) is 11.0. The van der Waals surface area contributed by atoms with Gasteiger partial charge in [0.05, 0.1) is 19.3 Å². The van der Waals surface area contributed by atoms with Gasteiger partial charge in [-0.1, -0.05) is 6.08 Å². The number of ether oxygens (including phenoxy) is 4. The van der Waals surface area contributed by atoms with Gasteiger partial charge in [-0.25, -0.2) is 4.18 Å². The molecule has 23 heavy (non-hydrogen) atoms. The standard InChI is InChI=1S/C14H24O8S/c1-6-9(10-7-18-13(2,3)20-10)12(22-23(15,16)17)11-8-19-14(4,5)21-11/h6,9-12H,1,7-8H2,2-5H3,(H,15,16,17)/t9-,10-,11-,12+/m1/s1. The average Bonchev–Trinajstić information content (AvgIpc) is 2.90. The molecule has 0 spiro atoms. The Labute approximate surface area is 136 Å². The fraction of sp³-hybridized carbons (Fsp3) is 0.857. The van der Waals surface area contributed by atoms with E-state index in [9.17, 15) is 8.42 Å². The van der Waals surface area contributed by atoms with Gasteiger partial charge >= 0.3 is 10.4 Å². The second kappa shape index (κ2) is 6.40. The van der Waals surface area contributed by atoms with Crippen molar-refractivity contribution in [2.45, 2.75) is 57.6 Å². The van der Waals surface area contributed by atoms with Crippen molar-refractivity contribution in [3.05, 3.63) is 12.7 Å². The fourth-order valence-corrected chi connectivity index (χ4v) is 3.33. The van der Waals surface area contributed by atoms with Crippen LogP contribution in [0.1, 0.15) is 27.7 Å². The van der Waals surface area contributed by atoms with Crippen LogP contribution >= 0.6 is 0 Å². The summed E-state index contributed by atoms with van der Waals surface area (Å²) in [5, 5.41) is 0. The lowest BCUT2D eigenvalue weighted by atomic mass is 9.92. The van der Waals surface area contributed by atoms with Crippen LogP contribution in [-0.2, 0) is 33.5 Å². The Morgan fingerprint density at radius 3 is 1.96 bits per heavy atom. The van der Waals surface area contributed by atoms with E-state index >= 15 is 0 Å². The van der Waals surface area contributed by atoms with Crippen molar-refractivity contribution in [3.8, 4) is 0 Å². The van der Waals surface area contributed by atoms with Crippen molar-refractivity contribution in [2.75, 3.05) is 13.2 Å². The molecule has 4 atom stereocenters. The van der Waals surface area contributed by atoms with E-state index in [0.29, 0.717) is 0 Å². The van der Waals surface area contributed by atoms with Crippen molar-refractivity contribution >= 4 is 10.4 Å². The molecule has 0 unspecified atom stereocenters. The van der Waals surface area contributed by atoms with Gasteiger partial charge < -0.3 is 18.9 Å². The predicted molar refractivity (Wildman–Crippen MR) is 79.9 cm³/mol. The molecular formula is C14H24O8S. The summed E-state index contributed by atoms with van der Waals surface area (Å²) in [7, 11) is -4.69. The van der Waals surface area contributed by atoms with Gasteiger partial charge in [-0.3, -0.25) is 4.55 Å². The molecule has 0 bridgehead atoms. The van der Waals surface area contributed by atoms with Gasteiger partial charge in [0.2, 0.25) is 0 Å². The first-order valence-electron chi connectivity index (χ1n) is 7.34. The zero-order valence-corrected chi connectivity index (χ0v) is 14.5. The third-order valence-electron chi connectivity index (χ3n) is 3.74. The summed E-state index contributed by atoms with van der Waals surface area (Å²) >= 11 is 0. The minimum atomic E-state index is -4.69. The largest absolute Gasteiger partial charge is 0.397 e. The molecule has 2 fully saturated rings. The summed E-state index contributed by atoms with van der Waals surface area (Å²) in [4.78, 5) is 0. The Morgan fingerprint density at radius 1 is 1.13 bits per heavy atom. The molecule has 2 heterocycles. The lowest BCUT2D eigenvalue weighted by Gasteiger charge is -2.31. The number of hydrogen-bond acceptors (Lipinski definition) is 7. The highest BCUT2D eigenvalue weighted by Gasteiger charge is 2.47. The summed E-state index contributed by atoms with van der Waals surface area (Å²) in [5.74, 6) is -2.24. The zero-order chi connectivity index (χ0) is 17.5. The summed E-state index contributed by atoms with van der Waals surface area (Å²) in [5.41, 5.74) is 0. The van der Waals surface area contributed by atoms with Gasteiger partial charge in [-0.05, 0) is 27.7 Å². The summed E-state index contributed by atoms with van der Waals surface area (Å²) in [6, 6.07) is 0. The van der Waals surface area contributed by atoms with E-state index in [1.54, 1.807) is 27.7 Å². The monoisotopic (exact) mass is 352 g/mol. The van der Waals surface area contributed by atoms with Gasteiger partial charge in [-0.2, -0.15) is 8.42 Å². The molecule has 2 saturated heterocycles. The van der Waals surface area contributed by atoms with Crippen LogP contribution in [0.2, 0.25) is 0 Å². The average molecular weight is 352 g/mol. The molecule has 0 radical (unpaired) electrons. The van der Waals surface area contributed by atoms with Gasteiger partial charge in [0, 0.05) is 5.92 Å². The SMILES string of the molecule is C=C[C@@H]([C@H](OS(=O)(=O)O)[C@H]1COC(C)(C)O1)[C@H]1COC(C)(C)O1. The Kier molecular flexibility index (Phi) is 5.22. The van der Waals surface area contributed by atoms with Crippen LogP contribution in [0.3, 0.4) is 0 Å². The van der Waals surface area contributed by atoms with Crippen LogP contribution in [-0.4, -0.2) is 56.1 Å². The first-order valence-corrected chi connectivity index (χ1v) is 8.71. The highest BCUT2D eigenvalue weighted by atomic mass is 32.3. The number of rotatable bonds is 6. The third-order valence-corrected chi connectivity index (χ3v) is 4.21. The Bertz CT molecular complexity index is 541.